The highest BCUT2D eigenvalue weighted by molar-refractivity contribution is 7.89. The Morgan fingerprint density at radius 3 is 2.67 bits per heavy atom. The number of hydrogen-bond donors (Lipinski definition) is 4. The predicted molar refractivity (Wildman–Crippen MR) is 131 cm³/mol. The van der Waals surface area contributed by atoms with E-state index in [9.17, 15) is 8.42 Å². The van der Waals surface area contributed by atoms with E-state index in [2.05, 4.69) is 29.5 Å². The average Bonchev–Trinajstić information content (AvgIpc) is 3.23. The van der Waals surface area contributed by atoms with Crippen molar-refractivity contribution in [2.45, 2.75) is 68.8 Å². The number of rotatable bonds is 8. The quantitative estimate of drug-likeness (QED) is 0.396. The van der Waals surface area contributed by atoms with E-state index in [0.29, 0.717) is 25.0 Å². The highest BCUT2D eigenvalue weighted by Crippen LogP contribution is 2.34. The summed E-state index contributed by atoms with van der Waals surface area (Å²) in [6.07, 6.45) is 8.34. The molecule has 1 aliphatic rings. The molecule has 1 fully saturated rings. The van der Waals surface area contributed by atoms with E-state index < -0.39 is 10.0 Å². The van der Waals surface area contributed by atoms with Gasteiger partial charge >= 0.3 is 0 Å². The number of anilines is 2. The second-order valence-corrected chi connectivity index (χ2v) is 10.7. The van der Waals surface area contributed by atoms with Gasteiger partial charge in [0.05, 0.1) is 10.6 Å². The zero-order valence-electron chi connectivity index (χ0n) is 19.2. The van der Waals surface area contributed by atoms with Crippen molar-refractivity contribution in [1.29, 1.82) is 0 Å². The Morgan fingerprint density at radius 2 is 1.97 bits per heavy atom. The van der Waals surface area contributed by atoms with Crippen LogP contribution in [-0.2, 0) is 16.4 Å². The Balaban J connectivity index is 1.58. The van der Waals surface area contributed by atoms with Crippen molar-refractivity contribution in [3.63, 3.8) is 0 Å². The summed E-state index contributed by atoms with van der Waals surface area (Å²) in [5.74, 6) is 1.09. The van der Waals surface area contributed by atoms with E-state index in [4.69, 9.17) is 16.0 Å². The van der Waals surface area contributed by atoms with E-state index in [-0.39, 0.29) is 10.8 Å². The van der Waals surface area contributed by atoms with Crippen molar-refractivity contribution in [3.05, 3.63) is 47.8 Å². The van der Waals surface area contributed by atoms with E-state index in [1.54, 1.807) is 22.8 Å². The molecule has 6 N–H and O–H groups in total. The molecule has 0 unspecified atom stereocenters. The first-order chi connectivity index (χ1) is 15.7. The van der Waals surface area contributed by atoms with Crippen molar-refractivity contribution in [3.8, 4) is 0 Å². The molecule has 10 heteroatoms. The summed E-state index contributed by atoms with van der Waals surface area (Å²) < 4.78 is 25.1. The van der Waals surface area contributed by atoms with Gasteiger partial charge in [0.25, 0.3) is 0 Å². The van der Waals surface area contributed by atoms with Gasteiger partial charge in [0.2, 0.25) is 10.0 Å². The molecule has 2 aromatic heterocycles. The summed E-state index contributed by atoms with van der Waals surface area (Å²) in [6.45, 7) is 4.91. The van der Waals surface area contributed by atoms with Gasteiger partial charge in [0.15, 0.2) is 11.5 Å². The van der Waals surface area contributed by atoms with Crippen LogP contribution < -0.4 is 21.5 Å². The van der Waals surface area contributed by atoms with Crippen LogP contribution in [0.5, 0.6) is 0 Å². The normalized spacial score (nSPS) is 19.2. The molecule has 9 nitrogen and oxygen atoms in total. The number of benzene rings is 1. The van der Waals surface area contributed by atoms with Gasteiger partial charge in [-0.3, -0.25) is 0 Å². The van der Waals surface area contributed by atoms with Crippen molar-refractivity contribution in [2.75, 3.05) is 17.2 Å². The Bertz CT molecular complexity index is 1210. The van der Waals surface area contributed by atoms with Crippen LogP contribution in [0.4, 0.5) is 11.5 Å². The van der Waals surface area contributed by atoms with Gasteiger partial charge in [0, 0.05) is 36.6 Å². The highest BCUT2D eigenvalue weighted by Gasteiger charge is 2.24. The Labute approximate surface area is 195 Å². The van der Waals surface area contributed by atoms with Crippen LogP contribution >= 0.6 is 0 Å². The maximum absolute atomic E-state index is 11.7. The van der Waals surface area contributed by atoms with Crippen LogP contribution in [0.25, 0.3) is 5.65 Å². The minimum absolute atomic E-state index is 0.126. The largest absolute Gasteiger partial charge is 0.381 e. The zero-order chi connectivity index (χ0) is 23.6. The molecule has 4 rings (SSSR count). The van der Waals surface area contributed by atoms with Crippen LogP contribution in [-0.4, -0.2) is 41.6 Å². The molecule has 0 spiro atoms. The molecule has 1 aliphatic carbocycles. The second kappa shape index (κ2) is 9.66. The van der Waals surface area contributed by atoms with E-state index in [1.807, 2.05) is 12.3 Å². The summed E-state index contributed by atoms with van der Waals surface area (Å²) in [6, 6.07) is 7.39. The lowest BCUT2D eigenvalue weighted by atomic mass is 9.91. The maximum Gasteiger partial charge on any atom is 0.238 e. The van der Waals surface area contributed by atoms with E-state index in [0.717, 1.165) is 54.0 Å². The van der Waals surface area contributed by atoms with Crippen molar-refractivity contribution in [1.82, 2.24) is 14.6 Å². The molecule has 33 heavy (non-hydrogen) atoms. The molecule has 178 valence electrons. The predicted octanol–water partition coefficient (Wildman–Crippen LogP) is 2.84. The third-order valence-electron chi connectivity index (χ3n) is 6.21. The first-order valence-corrected chi connectivity index (χ1v) is 13.0. The van der Waals surface area contributed by atoms with Gasteiger partial charge in [-0.15, -0.1) is 5.10 Å². The standard InChI is InChI=1S/C23H33N7O2S/c1-15(2)20-21(26-11-10-16-4-3-5-19(14-16)33(25,31)32)23-27-12-13-30(23)29-22(20)28-18-8-6-17(24)7-9-18/h3-5,12-15,17-18,26H,6-11,24H2,1-2H3,(H,28,29)(H2,25,31,32). The number of imidazole rings is 1. The number of primary sulfonamides is 1. The molecule has 0 saturated heterocycles. The smallest absolute Gasteiger partial charge is 0.238 e. The highest BCUT2D eigenvalue weighted by atomic mass is 32.2. The SMILES string of the molecule is CC(C)c1c(NC2CCC(N)CC2)nn2ccnc2c1NCCc1cccc(S(N)(=O)=O)c1. The Morgan fingerprint density at radius 1 is 1.21 bits per heavy atom. The average molecular weight is 472 g/mol. The van der Waals surface area contributed by atoms with Crippen LogP contribution in [0.15, 0.2) is 41.6 Å². The summed E-state index contributed by atoms with van der Waals surface area (Å²) in [7, 11) is -3.72. The zero-order valence-corrected chi connectivity index (χ0v) is 20.0. The van der Waals surface area contributed by atoms with Crippen LogP contribution in [0, 0.1) is 0 Å². The number of nitrogens with one attached hydrogen (secondary N) is 2. The van der Waals surface area contributed by atoms with Gasteiger partial charge in [-0.05, 0) is 55.7 Å². The summed E-state index contributed by atoms with van der Waals surface area (Å²) in [5, 5.41) is 17.3. The molecular weight excluding hydrogens is 438 g/mol. The lowest BCUT2D eigenvalue weighted by Gasteiger charge is -2.29. The second-order valence-electron chi connectivity index (χ2n) is 9.11. The first-order valence-electron chi connectivity index (χ1n) is 11.5. The maximum atomic E-state index is 11.7. The minimum Gasteiger partial charge on any atom is -0.381 e. The van der Waals surface area contributed by atoms with E-state index in [1.165, 1.54) is 6.07 Å². The Kier molecular flexibility index (Phi) is 6.87. The van der Waals surface area contributed by atoms with Gasteiger partial charge in [0.1, 0.15) is 0 Å². The van der Waals surface area contributed by atoms with Crippen molar-refractivity contribution >= 4 is 27.2 Å². The summed E-state index contributed by atoms with van der Waals surface area (Å²) in [4.78, 5) is 4.66. The van der Waals surface area contributed by atoms with Gasteiger partial charge in [-0.25, -0.2) is 23.1 Å². The molecule has 1 saturated carbocycles. The third kappa shape index (κ3) is 5.45. The van der Waals surface area contributed by atoms with E-state index >= 15 is 0 Å². The van der Waals surface area contributed by atoms with Crippen LogP contribution in [0.3, 0.4) is 0 Å². The molecule has 0 bridgehead atoms. The van der Waals surface area contributed by atoms with Crippen molar-refractivity contribution < 1.29 is 8.42 Å². The summed E-state index contributed by atoms with van der Waals surface area (Å²) in [5.41, 5.74) is 9.79. The van der Waals surface area contributed by atoms with Crippen LogP contribution in [0.2, 0.25) is 0 Å². The fraction of sp³-hybridized carbons (Fsp3) is 0.478. The fourth-order valence-corrected chi connectivity index (χ4v) is 5.05. The number of fused-ring (bicyclic) bond motifs is 1. The minimum atomic E-state index is -3.72. The lowest BCUT2D eigenvalue weighted by Crippen LogP contribution is -2.33. The molecular formula is C23H33N7O2S. The van der Waals surface area contributed by atoms with Crippen molar-refractivity contribution in [2.24, 2.45) is 10.9 Å². The first kappa shape index (κ1) is 23.5. The molecule has 2 heterocycles. The number of aromatic nitrogens is 3. The number of nitrogens with zero attached hydrogens (tertiary/aromatic N) is 3. The molecule has 0 amide bonds. The summed E-state index contributed by atoms with van der Waals surface area (Å²) >= 11 is 0. The topological polar surface area (TPSA) is 140 Å². The van der Waals surface area contributed by atoms with Crippen LogP contribution in [0.1, 0.15) is 56.6 Å². The third-order valence-corrected chi connectivity index (χ3v) is 7.12. The van der Waals surface area contributed by atoms with Gasteiger partial charge < -0.3 is 16.4 Å². The monoisotopic (exact) mass is 471 g/mol. The molecule has 1 aromatic carbocycles. The Hall–Kier alpha value is -2.69. The molecule has 0 radical (unpaired) electrons. The number of sulfonamides is 1. The number of hydrogen-bond acceptors (Lipinski definition) is 7. The van der Waals surface area contributed by atoms with Gasteiger partial charge in [-0.1, -0.05) is 26.0 Å². The fourth-order valence-electron chi connectivity index (χ4n) is 4.47. The molecule has 0 aliphatic heterocycles. The lowest BCUT2D eigenvalue weighted by molar-refractivity contribution is 0.410. The molecule has 0 atom stereocenters. The van der Waals surface area contributed by atoms with Gasteiger partial charge in [-0.2, -0.15) is 0 Å². The molecule has 3 aromatic rings. The number of nitrogens with two attached hydrogens (primary N) is 2.